The van der Waals surface area contributed by atoms with Crippen molar-refractivity contribution in [1.29, 1.82) is 0 Å². The third-order valence-electron chi connectivity index (χ3n) is 4.56. The van der Waals surface area contributed by atoms with Crippen LogP contribution in [0.15, 0.2) is 18.2 Å². The van der Waals surface area contributed by atoms with Gasteiger partial charge in [-0.05, 0) is 43.9 Å². The first kappa shape index (κ1) is 15.0. The van der Waals surface area contributed by atoms with Crippen LogP contribution < -0.4 is 10.5 Å². The molecule has 1 aliphatic heterocycles. The molecule has 1 heterocycles. The summed E-state index contributed by atoms with van der Waals surface area (Å²) < 4.78 is 45.0. The highest BCUT2D eigenvalue weighted by Gasteiger charge is 2.50. The van der Waals surface area contributed by atoms with Gasteiger partial charge in [-0.2, -0.15) is 13.2 Å². The third-order valence-corrected chi connectivity index (χ3v) is 4.79. The molecule has 2 N–H and O–H groups in total. The molecule has 21 heavy (non-hydrogen) atoms. The monoisotopic (exact) mass is 319 g/mol. The minimum absolute atomic E-state index is 0.00767. The fraction of sp³-hybridized carbons (Fsp3) is 0.600. The van der Waals surface area contributed by atoms with E-state index in [4.69, 9.17) is 22.1 Å². The molecule has 1 saturated carbocycles. The van der Waals surface area contributed by atoms with Gasteiger partial charge in [-0.3, -0.25) is 0 Å². The lowest BCUT2D eigenvalue weighted by molar-refractivity contribution is -0.199. The van der Waals surface area contributed by atoms with Gasteiger partial charge in [0.1, 0.15) is 11.4 Å². The molecule has 1 spiro atoms. The number of hydrogen-bond acceptors (Lipinski definition) is 2. The van der Waals surface area contributed by atoms with E-state index in [0.717, 1.165) is 5.56 Å². The normalized spacial score (nSPS) is 32.6. The molecule has 3 rings (SSSR count). The predicted octanol–water partition coefficient (Wildman–Crippen LogP) is 4.61. The molecular weight excluding hydrogens is 303 g/mol. The van der Waals surface area contributed by atoms with Gasteiger partial charge in [-0.15, -0.1) is 0 Å². The van der Waals surface area contributed by atoms with E-state index in [1.54, 1.807) is 18.2 Å². The fourth-order valence-corrected chi connectivity index (χ4v) is 3.75. The first-order chi connectivity index (χ1) is 9.79. The highest BCUT2D eigenvalue weighted by molar-refractivity contribution is 6.30. The van der Waals surface area contributed by atoms with Crippen LogP contribution in [0, 0.1) is 5.92 Å². The number of rotatable bonds is 0. The fourth-order valence-electron chi connectivity index (χ4n) is 3.57. The second-order valence-corrected chi connectivity index (χ2v) is 6.55. The second-order valence-electron chi connectivity index (χ2n) is 6.11. The first-order valence-corrected chi connectivity index (χ1v) is 7.48. The Labute approximate surface area is 126 Å². The zero-order valence-corrected chi connectivity index (χ0v) is 12.2. The Balaban J connectivity index is 1.89. The van der Waals surface area contributed by atoms with Crippen molar-refractivity contribution in [1.82, 2.24) is 0 Å². The Morgan fingerprint density at radius 1 is 1.29 bits per heavy atom. The molecule has 0 saturated heterocycles. The summed E-state index contributed by atoms with van der Waals surface area (Å²) in [5.41, 5.74) is 6.14. The van der Waals surface area contributed by atoms with Gasteiger partial charge in [-0.1, -0.05) is 11.6 Å². The zero-order chi connectivity index (χ0) is 15.3. The van der Waals surface area contributed by atoms with E-state index in [2.05, 4.69) is 0 Å². The highest BCUT2D eigenvalue weighted by Crippen LogP contribution is 2.50. The number of halogens is 4. The lowest BCUT2D eigenvalue weighted by Crippen LogP contribution is -2.48. The van der Waals surface area contributed by atoms with E-state index in [0.29, 0.717) is 30.0 Å². The maximum absolute atomic E-state index is 13.0. The second kappa shape index (κ2) is 5.06. The van der Waals surface area contributed by atoms with Gasteiger partial charge in [0.15, 0.2) is 0 Å². The van der Waals surface area contributed by atoms with Crippen molar-refractivity contribution in [3.05, 3.63) is 28.8 Å². The van der Waals surface area contributed by atoms with Crippen LogP contribution in [-0.2, 0) is 0 Å². The summed E-state index contributed by atoms with van der Waals surface area (Å²) in [7, 11) is 0. The number of benzene rings is 1. The van der Waals surface area contributed by atoms with Gasteiger partial charge in [0, 0.05) is 23.0 Å². The molecule has 0 aromatic heterocycles. The maximum Gasteiger partial charge on any atom is 0.391 e. The summed E-state index contributed by atoms with van der Waals surface area (Å²) in [5, 5.41) is 0.556. The molecule has 1 aromatic carbocycles. The van der Waals surface area contributed by atoms with Gasteiger partial charge in [-0.25, -0.2) is 0 Å². The van der Waals surface area contributed by atoms with E-state index in [9.17, 15) is 13.2 Å². The quantitative estimate of drug-likeness (QED) is 0.757. The Morgan fingerprint density at radius 3 is 2.76 bits per heavy atom. The van der Waals surface area contributed by atoms with Crippen molar-refractivity contribution < 1.29 is 17.9 Å². The number of alkyl halides is 3. The molecule has 0 radical (unpaired) electrons. The SMILES string of the molecule is N[C@H]1CC2(CCCC(C(F)(F)F)C2)Oc2ccc(Cl)cc21. The lowest BCUT2D eigenvalue weighted by atomic mass is 9.72. The van der Waals surface area contributed by atoms with Gasteiger partial charge < -0.3 is 10.5 Å². The Morgan fingerprint density at radius 2 is 2.05 bits per heavy atom. The van der Waals surface area contributed by atoms with Crippen LogP contribution in [0.25, 0.3) is 0 Å². The summed E-state index contributed by atoms with van der Waals surface area (Å²) in [4.78, 5) is 0. The molecule has 2 nitrogen and oxygen atoms in total. The minimum atomic E-state index is -4.17. The highest BCUT2D eigenvalue weighted by atomic mass is 35.5. The van der Waals surface area contributed by atoms with Crippen LogP contribution in [-0.4, -0.2) is 11.8 Å². The van der Waals surface area contributed by atoms with Crippen LogP contribution in [0.3, 0.4) is 0 Å². The zero-order valence-electron chi connectivity index (χ0n) is 11.4. The topological polar surface area (TPSA) is 35.2 Å². The average molecular weight is 320 g/mol. The molecule has 3 atom stereocenters. The first-order valence-electron chi connectivity index (χ1n) is 7.10. The largest absolute Gasteiger partial charge is 0.487 e. The molecular formula is C15H17ClF3NO. The molecule has 116 valence electrons. The molecule has 6 heteroatoms. The van der Waals surface area contributed by atoms with Gasteiger partial charge in [0.25, 0.3) is 0 Å². The lowest BCUT2D eigenvalue weighted by Gasteiger charge is -2.46. The molecule has 2 unspecified atom stereocenters. The van der Waals surface area contributed by atoms with Crippen molar-refractivity contribution in [3.63, 3.8) is 0 Å². The van der Waals surface area contributed by atoms with Gasteiger partial charge in [0.05, 0.1) is 5.92 Å². The van der Waals surface area contributed by atoms with Crippen molar-refractivity contribution in [2.75, 3.05) is 0 Å². The Kier molecular flexibility index (Phi) is 3.61. The summed E-state index contributed by atoms with van der Waals surface area (Å²) in [6.45, 7) is 0. The van der Waals surface area contributed by atoms with Gasteiger partial charge in [0.2, 0.25) is 0 Å². The number of ether oxygens (including phenoxy) is 1. The van der Waals surface area contributed by atoms with Crippen LogP contribution in [0.2, 0.25) is 5.02 Å². The van der Waals surface area contributed by atoms with Crippen LogP contribution in [0.5, 0.6) is 5.75 Å². The molecule has 1 aliphatic carbocycles. The Hall–Kier alpha value is -0.940. The van der Waals surface area contributed by atoms with E-state index < -0.39 is 17.7 Å². The number of fused-ring (bicyclic) bond motifs is 1. The van der Waals surface area contributed by atoms with E-state index >= 15 is 0 Å². The summed E-state index contributed by atoms with van der Waals surface area (Å²) in [5.74, 6) is -0.728. The predicted molar refractivity (Wildman–Crippen MR) is 74.4 cm³/mol. The van der Waals surface area contributed by atoms with Crippen molar-refractivity contribution >= 4 is 11.6 Å². The van der Waals surface area contributed by atoms with Crippen molar-refractivity contribution in [2.45, 2.75) is 49.9 Å². The molecule has 1 fully saturated rings. The van der Waals surface area contributed by atoms with Crippen LogP contribution in [0.4, 0.5) is 13.2 Å². The average Bonchev–Trinajstić information content (AvgIpc) is 2.39. The van der Waals surface area contributed by atoms with Crippen LogP contribution >= 0.6 is 11.6 Å². The van der Waals surface area contributed by atoms with E-state index in [1.165, 1.54) is 0 Å². The molecule has 0 bridgehead atoms. The molecule has 2 aliphatic rings. The maximum atomic E-state index is 13.0. The molecule has 0 amide bonds. The van der Waals surface area contributed by atoms with E-state index in [-0.39, 0.29) is 18.9 Å². The van der Waals surface area contributed by atoms with E-state index in [1.807, 2.05) is 0 Å². The number of nitrogens with two attached hydrogens (primary N) is 1. The van der Waals surface area contributed by atoms with Crippen LogP contribution in [0.1, 0.15) is 43.7 Å². The minimum Gasteiger partial charge on any atom is -0.487 e. The summed E-state index contributed by atoms with van der Waals surface area (Å²) >= 11 is 5.94. The summed E-state index contributed by atoms with van der Waals surface area (Å²) in [6, 6.07) is 4.78. The number of hydrogen-bond donors (Lipinski definition) is 1. The third kappa shape index (κ3) is 2.86. The van der Waals surface area contributed by atoms with Crippen molar-refractivity contribution in [3.8, 4) is 5.75 Å². The standard InChI is InChI=1S/C15H17ClF3NO/c16-10-3-4-13-11(6-10)12(20)8-14(21-13)5-1-2-9(7-14)15(17,18)19/h3-4,6,9,12H,1-2,5,7-8,20H2/t9?,12-,14?/m0/s1. The Bertz CT molecular complexity index is 548. The molecule has 1 aromatic rings. The van der Waals surface area contributed by atoms with Crippen molar-refractivity contribution in [2.24, 2.45) is 11.7 Å². The summed E-state index contributed by atoms with van der Waals surface area (Å²) in [6.07, 6.45) is -2.45. The smallest absolute Gasteiger partial charge is 0.391 e. The van der Waals surface area contributed by atoms with Gasteiger partial charge >= 0.3 is 6.18 Å².